The lowest BCUT2D eigenvalue weighted by molar-refractivity contribution is -0.122. The summed E-state index contributed by atoms with van der Waals surface area (Å²) in [7, 11) is 0. The highest BCUT2D eigenvalue weighted by molar-refractivity contribution is 5.77. The summed E-state index contributed by atoms with van der Waals surface area (Å²) in [6.07, 6.45) is 0.203. The number of aryl methyl sites for hydroxylation is 2. The molecule has 0 spiro atoms. The first-order chi connectivity index (χ1) is 14.4. The van der Waals surface area contributed by atoms with Crippen LogP contribution in [0.5, 0.6) is 0 Å². The topological polar surface area (TPSA) is 84.2 Å². The largest absolute Gasteiger partial charge is 0.396 e. The molecule has 1 heterocycles. The number of hydrogen-bond donors (Lipinski definition) is 2. The summed E-state index contributed by atoms with van der Waals surface area (Å²) in [6.45, 7) is 5.37. The molecule has 0 fully saturated rings. The van der Waals surface area contributed by atoms with Crippen LogP contribution in [0.15, 0.2) is 59.4 Å². The monoisotopic (exact) mass is 405 g/mol. The van der Waals surface area contributed by atoms with Gasteiger partial charge in [0.1, 0.15) is 12.4 Å². The van der Waals surface area contributed by atoms with Crippen LogP contribution < -0.4 is 10.9 Å². The van der Waals surface area contributed by atoms with Crippen LogP contribution in [0, 0.1) is 13.8 Å². The van der Waals surface area contributed by atoms with Crippen LogP contribution >= 0.6 is 0 Å². The molecule has 2 N–H and O–H groups in total. The number of rotatable bonds is 7. The fourth-order valence-electron chi connectivity index (χ4n) is 3.42. The molecule has 1 atom stereocenters. The normalized spacial score (nSPS) is 11.9. The maximum Gasteiger partial charge on any atom is 0.257 e. The lowest BCUT2D eigenvalue weighted by atomic mass is 10.1. The SMILES string of the molecule is Cc1ccc([C@H](C)NC(=O)Cn2c(-c3ccccc3)nc(C)c(CCO)c2=O)cc1. The number of carbonyl (C=O) groups excluding carboxylic acids is 1. The summed E-state index contributed by atoms with van der Waals surface area (Å²) in [5, 5.41) is 12.3. The fourth-order valence-corrected chi connectivity index (χ4v) is 3.42. The van der Waals surface area contributed by atoms with Gasteiger partial charge in [0, 0.05) is 29.8 Å². The first kappa shape index (κ1) is 21.5. The predicted molar refractivity (Wildman–Crippen MR) is 117 cm³/mol. The minimum absolute atomic E-state index is 0.148. The van der Waals surface area contributed by atoms with E-state index in [9.17, 15) is 14.7 Å². The smallest absolute Gasteiger partial charge is 0.257 e. The van der Waals surface area contributed by atoms with Gasteiger partial charge in [-0.15, -0.1) is 0 Å². The Balaban J connectivity index is 1.93. The number of aromatic nitrogens is 2. The van der Waals surface area contributed by atoms with Gasteiger partial charge in [0.05, 0.1) is 6.04 Å². The molecule has 0 aliphatic heterocycles. The fraction of sp³-hybridized carbons (Fsp3) is 0.292. The number of carbonyl (C=O) groups is 1. The molecule has 0 unspecified atom stereocenters. The Morgan fingerprint density at radius 3 is 2.40 bits per heavy atom. The minimum atomic E-state index is -0.298. The van der Waals surface area contributed by atoms with Crippen LogP contribution in [0.25, 0.3) is 11.4 Å². The second kappa shape index (κ2) is 9.50. The Labute approximate surface area is 176 Å². The van der Waals surface area contributed by atoms with Crippen LogP contribution in [0.4, 0.5) is 0 Å². The minimum Gasteiger partial charge on any atom is -0.396 e. The van der Waals surface area contributed by atoms with Gasteiger partial charge in [-0.2, -0.15) is 0 Å². The highest BCUT2D eigenvalue weighted by atomic mass is 16.3. The lowest BCUT2D eigenvalue weighted by Gasteiger charge is -2.18. The zero-order valence-corrected chi connectivity index (χ0v) is 17.6. The molecular formula is C24H27N3O3. The van der Waals surface area contributed by atoms with E-state index in [0.717, 1.165) is 16.7 Å². The molecule has 0 aliphatic rings. The number of amides is 1. The van der Waals surface area contributed by atoms with Crippen molar-refractivity contribution in [1.82, 2.24) is 14.9 Å². The second-order valence-corrected chi connectivity index (χ2v) is 7.43. The molecule has 30 heavy (non-hydrogen) atoms. The average molecular weight is 405 g/mol. The number of aliphatic hydroxyl groups excluding tert-OH is 1. The number of benzene rings is 2. The van der Waals surface area contributed by atoms with E-state index in [1.807, 2.05) is 68.4 Å². The van der Waals surface area contributed by atoms with E-state index in [-0.39, 0.29) is 37.1 Å². The quantitative estimate of drug-likeness (QED) is 0.633. The van der Waals surface area contributed by atoms with Gasteiger partial charge >= 0.3 is 0 Å². The van der Waals surface area contributed by atoms with E-state index in [0.29, 0.717) is 17.1 Å². The van der Waals surface area contributed by atoms with Gasteiger partial charge in [0.25, 0.3) is 5.56 Å². The summed E-state index contributed by atoms with van der Waals surface area (Å²) in [5.74, 6) is 0.167. The van der Waals surface area contributed by atoms with Gasteiger partial charge in [0.2, 0.25) is 5.91 Å². The number of nitrogens with one attached hydrogen (secondary N) is 1. The number of hydrogen-bond acceptors (Lipinski definition) is 4. The van der Waals surface area contributed by atoms with Crippen LogP contribution in [0.1, 0.15) is 35.3 Å². The summed E-state index contributed by atoms with van der Waals surface area (Å²) < 4.78 is 1.39. The molecule has 156 valence electrons. The van der Waals surface area contributed by atoms with Gasteiger partial charge in [0.15, 0.2) is 0 Å². The van der Waals surface area contributed by atoms with Crippen molar-refractivity contribution in [2.45, 2.75) is 39.8 Å². The van der Waals surface area contributed by atoms with E-state index < -0.39 is 0 Å². The first-order valence-corrected chi connectivity index (χ1v) is 10.0. The Kier molecular flexibility index (Phi) is 6.79. The zero-order valence-electron chi connectivity index (χ0n) is 17.6. The van der Waals surface area contributed by atoms with Crippen molar-refractivity contribution in [3.63, 3.8) is 0 Å². The highest BCUT2D eigenvalue weighted by Gasteiger charge is 2.18. The van der Waals surface area contributed by atoms with E-state index in [1.165, 1.54) is 4.57 Å². The molecule has 6 heteroatoms. The molecule has 3 rings (SSSR count). The standard InChI is InChI=1S/C24H27N3O3/c1-16-9-11-19(12-10-16)17(2)25-22(29)15-27-23(20-7-5-4-6-8-20)26-18(3)21(13-14-28)24(27)30/h4-12,17,28H,13-15H2,1-3H3,(H,25,29)/t17-/m0/s1. The van der Waals surface area contributed by atoms with Gasteiger partial charge in [-0.25, -0.2) is 4.98 Å². The van der Waals surface area contributed by atoms with E-state index in [4.69, 9.17) is 0 Å². The average Bonchev–Trinajstić information content (AvgIpc) is 2.74. The van der Waals surface area contributed by atoms with Crippen molar-refractivity contribution in [3.05, 3.63) is 87.3 Å². The van der Waals surface area contributed by atoms with Crippen LogP contribution in [-0.4, -0.2) is 27.2 Å². The summed E-state index contributed by atoms with van der Waals surface area (Å²) >= 11 is 0. The molecular weight excluding hydrogens is 378 g/mol. The van der Waals surface area contributed by atoms with Crippen LogP contribution in [-0.2, 0) is 17.8 Å². The molecule has 3 aromatic rings. The van der Waals surface area contributed by atoms with Crippen molar-refractivity contribution in [3.8, 4) is 11.4 Å². The van der Waals surface area contributed by atoms with E-state index >= 15 is 0 Å². The Hall–Kier alpha value is -3.25. The van der Waals surface area contributed by atoms with Gasteiger partial charge < -0.3 is 10.4 Å². The summed E-state index contributed by atoms with van der Waals surface area (Å²) in [5.41, 5.74) is 3.60. The van der Waals surface area contributed by atoms with Crippen LogP contribution in [0.2, 0.25) is 0 Å². The molecule has 1 amide bonds. The van der Waals surface area contributed by atoms with Gasteiger partial charge in [-0.05, 0) is 26.3 Å². The third-order valence-electron chi connectivity index (χ3n) is 5.12. The molecule has 0 saturated heterocycles. The molecule has 0 saturated carbocycles. The number of nitrogens with zero attached hydrogens (tertiary/aromatic N) is 2. The molecule has 6 nitrogen and oxygen atoms in total. The van der Waals surface area contributed by atoms with E-state index in [1.54, 1.807) is 6.92 Å². The lowest BCUT2D eigenvalue weighted by Crippen LogP contribution is -2.36. The van der Waals surface area contributed by atoms with Crippen LogP contribution in [0.3, 0.4) is 0 Å². The maximum atomic E-state index is 13.1. The zero-order chi connectivity index (χ0) is 21.7. The Bertz CT molecular complexity index is 1070. The molecule has 0 aliphatic carbocycles. The van der Waals surface area contributed by atoms with Gasteiger partial charge in [-0.3, -0.25) is 14.2 Å². The maximum absolute atomic E-state index is 13.1. The second-order valence-electron chi connectivity index (χ2n) is 7.43. The predicted octanol–water partition coefficient (Wildman–Crippen LogP) is 2.94. The summed E-state index contributed by atoms with van der Waals surface area (Å²) in [4.78, 5) is 30.5. The molecule has 0 radical (unpaired) electrons. The molecule has 1 aromatic heterocycles. The number of aliphatic hydroxyl groups is 1. The summed E-state index contributed by atoms with van der Waals surface area (Å²) in [6, 6.07) is 17.1. The van der Waals surface area contributed by atoms with Crippen molar-refractivity contribution in [2.75, 3.05) is 6.61 Å². The van der Waals surface area contributed by atoms with Crippen molar-refractivity contribution >= 4 is 5.91 Å². The first-order valence-electron chi connectivity index (χ1n) is 10.0. The Morgan fingerprint density at radius 1 is 1.10 bits per heavy atom. The van der Waals surface area contributed by atoms with Gasteiger partial charge in [-0.1, -0.05) is 60.2 Å². The Morgan fingerprint density at radius 2 is 1.77 bits per heavy atom. The third-order valence-corrected chi connectivity index (χ3v) is 5.12. The molecule has 2 aromatic carbocycles. The molecule has 0 bridgehead atoms. The highest BCUT2D eigenvalue weighted by Crippen LogP contribution is 2.18. The van der Waals surface area contributed by atoms with Crippen molar-refractivity contribution in [1.29, 1.82) is 0 Å². The van der Waals surface area contributed by atoms with Crippen molar-refractivity contribution in [2.24, 2.45) is 0 Å². The van der Waals surface area contributed by atoms with Crippen molar-refractivity contribution < 1.29 is 9.90 Å². The van der Waals surface area contributed by atoms with E-state index in [2.05, 4.69) is 10.3 Å². The third kappa shape index (κ3) is 4.83.